The molecule has 0 spiro atoms. The second-order valence-electron chi connectivity index (χ2n) is 8.57. The summed E-state index contributed by atoms with van der Waals surface area (Å²) in [7, 11) is 0. The normalized spacial score (nSPS) is 22.3. The van der Waals surface area contributed by atoms with Gasteiger partial charge in [0.15, 0.2) is 6.10 Å². The average molecular weight is 434 g/mol. The van der Waals surface area contributed by atoms with Gasteiger partial charge in [0.05, 0.1) is 17.4 Å². The molecule has 5 nitrogen and oxygen atoms in total. The Morgan fingerprint density at radius 1 is 0.697 bits per heavy atom. The van der Waals surface area contributed by atoms with Crippen LogP contribution in [0.2, 0.25) is 0 Å². The fourth-order valence-corrected chi connectivity index (χ4v) is 4.99. The summed E-state index contributed by atoms with van der Waals surface area (Å²) in [5.74, 6) is -1.20. The van der Waals surface area contributed by atoms with Crippen molar-refractivity contribution in [3.63, 3.8) is 0 Å². The number of hydroxylamine groups is 1. The summed E-state index contributed by atoms with van der Waals surface area (Å²) < 4.78 is 0. The van der Waals surface area contributed by atoms with Crippen molar-refractivity contribution in [3.8, 4) is 0 Å². The van der Waals surface area contributed by atoms with Crippen molar-refractivity contribution < 1.29 is 14.4 Å². The molecule has 2 aliphatic rings. The summed E-state index contributed by atoms with van der Waals surface area (Å²) in [4.78, 5) is 34.8. The predicted octanol–water partition coefficient (Wildman–Crippen LogP) is 5.20. The number of nitrogens with zero attached hydrogens (tertiary/aromatic N) is 2. The molecule has 0 unspecified atom stereocenters. The van der Waals surface area contributed by atoms with Crippen molar-refractivity contribution >= 4 is 34.0 Å². The van der Waals surface area contributed by atoms with Gasteiger partial charge in [-0.1, -0.05) is 78.4 Å². The molecule has 0 bridgehead atoms. The van der Waals surface area contributed by atoms with E-state index in [4.69, 9.17) is 4.84 Å². The molecule has 0 N–H and O–H groups in total. The van der Waals surface area contributed by atoms with E-state index in [0.717, 1.165) is 27.6 Å². The maximum atomic E-state index is 13.8. The molecule has 4 aromatic rings. The van der Waals surface area contributed by atoms with Crippen LogP contribution in [0.15, 0.2) is 97.1 Å². The first-order valence-corrected chi connectivity index (χ1v) is 11.1. The summed E-state index contributed by atoms with van der Waals surface area (Å²) in [6.07, 6.45) is -0.872. The molecule has 33 heavy (non-hydrogen) atoms. The highest BCUT2D eigenvalue weighted by Gasteiger charge is 2.60. The minimum atomic E-state index is -0.872. The van der Waals surface area contributed by atoms with Crippen molar-refractivity contribution in [1.29, 1.82) is 0 Å². The molecule has 4 aromatic carbocycles. The third-order valence-electron chi connectivity index (χ3n) is 6.56. The highest BCUT2D eigenvalue weighted by atomic mass is 16.7. The summed E-state index contributed by atoms with van der Waals surface area (Å²) in [5, 5.41) is 3.88. The van der Waals surface area contributed by atoms with Crippen LogP contribution < -0.4 is 9.96 Å². The quantitative estimate of drug-likeness (QED) is 0.416. The number of rotatable bonds is 3. The van der Waals surface area contributed by atoms with Gasteiger partial charge in [0.1, 0.15) is 5.92 Å². The minimum absolute atomic E-state index is 0.231. The second-order valence-corrected chi connectivity index (χ2v) is 8.57. The molecule has 0 saturated carbocycles. The van der Waals surface area contributed by atoms with E-state index in [9.17, 15) is 9.59 Å². The lowest BCUT2D eigenvalue weighted by Gasteiger charge is -2.29. The summed E-state index contributed by atoms with van der Waals surface area (Å²) in [5.41, 5.74) is 3.43. The number of para-hydroxylation sites is 1. The van der Waals surface area contributed by atoms with Crippen LogP contribution in [0.4, 0.5) is 11.4 Å². The molecule has 162 valence electrons. The van der Waals surface area contributed by atoms with Gasteiger partial charge in [0, 0.05) is 0 Å². The zero-order valence-electron chi connectivity index (χ0n) is 18.1. The maximum Gasteiger partial charge on any atom is 0.266 e. The molecule has 2 amide bonds. The average Bonchev–Trinajstić information content (AvgIpc) is 3.36. The van der Waals surface area contributed by atoms with Gasteiger partial charge in [0.25, 0.3) is 5.91 Å². The van der Waals surface area contributed by atoms with Crippen LogP contribution in [0.25, 0.3) is 10.8 Å². The number of hydrogen-bond acceptors (Lipinski definition) is 4. The Morgan fingerprint density at radius 3 is 2.18 bits per heavy atom. The van der Waals surface area contributed by atoms with Gasteiger partial charge in [-0.2, -0.15) is 0 Å². The first-order chi connectivity index (χ1) is 16.1. The molecular formula is C28H22N2O3. The van der Waals surface area contributed by atoms with E-state index in [-0.39, 0.29) is 11.8 Å². The van der Waals surface area contributed by atoms with Crippen LogP contribution in [-0.2, 0) is 14.4 Å². The standard InChI is InChI=1S/C28H22N2O3/c1-18-14-16-20(17-15-18)29-27(31)24-25(23-13-7-9-19-8-5-6-12-22(19)23)30(33-26(24)28(29)32)21-10-3-2-4-11-21/h2-17,24-26H,1H3/t24-,25+,26-/m1/s1. The number of hydrogen-bond donors (Lipinski definition) is 0. The van der Waals surface area contributed by atoms with Gasteiger partial charge in [-0.05, 0) is 47.5 Å². The first kappa shape index (κ1) is 19.7. The van der Waals surface area contributed by atoms with E-state index >= 15 is 0 Å². The van der Waals surface area contributed by atoms with E-state index in [2.05, 4.69) is 18.2 Å². The van der Waals surface area contributed by atoms with E-state index in [1.54, 1.807) is 5.06 Å². The molecular weight excluding hydrogens is 412 g/mol. The van der Waals surface area contributed by atoms with Crippen LogP contribution in [-0.4, -0.2) is 17.9 Å². The van der Waals surface area contributed by atoms with Gasteiger partial charge in [-0.3, -0.25) is 14.4 Å². The van der Waals surface area contributed by atoms with Crippen LogP contribution in [0, 0.1) is 12.8 Å². The summed E-state index contributed by atoms with van der Waals surface area (Å²) >= 11 is 0. The van der Waals surface area contributed by atoms with E-state index in [1.165, 1.54) is 4.90 Å². The number of amides is 2. The second kappa shape index (κ2) is 7.57. The van der Waals surface area contributed by atoms with Crippen LogP contribution in [0.1, 0.15) is 17.2 Å². The highest BCUT2D eigenvalue weighted by Crippen LogP contribution is 2.48. The van der Waals surface area contributed by atoms with Gasteiger partial charge in [-0.25, -0.2) is 9.96 Å². The smallest absolute Gasteiger partial charge is 0.266 e. The van der Waals surface area contributed by atoms with Crippen LogP contribution >= 0.6 is 0 Å². The van der Waals surface area contributed by atoms with Gasteiger partial charge in [0.2, 0.25) is 5.91 Å². The SMILES string of the molecule is Cc1ccc(N2C(=O)[C@H]3[C@@H](ON(c4ccccc4)[C@H]3c3cccc4ccccc34)C2=O)cc1. The molecule has 3 atom stereocenters. The monoisotopic (exact) mass is 434 g/mol. The van der Waals surface area contributed by atoms with Crippen molar-refractivity contribution in [3.05, 3.63) is 108 Å². The number of imide groups is 1. The van der Waals surface area contributed by atoms with Gasteiger partial charge < -0.3 is 0 Å². The fraction of sp³-hybridized carbons (Fsp3) is 0.143. The zero-order valence-corrected chi connectivity index (χ0v) is 18.1. The topological polar surface area (TPSA) is 49.9 Å². The molecule has 2 heterocycles. The number of benzene rings is 4. The third-order valence-corrected chi connectivity index (χ3v) is 6.56. The van der Waals surface area contributed by atoms with E-state index in [1.807, 2.05) is 85.8 Å². The Labute approximate surface area is 191 Å². The lowest BCUT2D eigenvalue weighted by molar-refractivity contribution is -0.126. The lowest BCUT2D eigenvalue weighted by atomic mass is 9.87. The number of fused-ring (bicyclic) bond motifs is 2. The van der Waals surface area contributed by atoms with E-state index < -0.39 is 18.1 Å². The third kappa shape index (κ3) is 3.04. The van der Waals surface area contributed by atoms with Crippen molar-refractivity contribution in [2.75, 3.05) is 9.96 Å². The largest absolute Gasteiger partial charge is 0.273 e. The zero-order chi connectivity index (χ0) is 22.5. The lowest BCUT2D eigenvalue weighted by Crippen LogP contribution is -2.37. The Morgan fingerprint density at radius 2 is 1.39 bits per heavy atom. The Kier molecular flexibility index (Phi) is 4.52. The number of anilines is 2. The molecule has 2 saturated heterocycles. The summed E-state index contributed by atoms with van der Waals surface area (Å²) in [6, 6.07) is 30.8. The predicted molar refractivity (Wildman–Crippen MR) is 128 cm³/mol. The number of aryl methyl sites for hydroxylation is 1. The molecule has 0 aliphatic carbocycles. The molecule has 5 heteroatoms. The Balaban J connectivity index is 1.50. The minimum Gasteiger partial charge on any atom is -0.273 e. The van der Waals surface area contributed by atoms with Crippen molar-refractivity contribution in [1.82, 2.24) is 0 Å². The molecule has 6 rings (SSSR count). The molecule has 2 fully saturated rings. The molecule has 2 aliphatic heterocycles. The summed E-state index contributed by atoms with van der Waals surface area (Å²) in [6.45, 7) is 1.98. The fourth-order valence-electron chi connectivity index (χ4n) is 4.99. The van der Waals surface area contributed by atoms with Crippen molar-refractivity contribution in [2.45, 2.75) is 19.1 Å². The highest BCUT2D eigenvalue weighted by molar-refractivity contribution is 6.24. The van der Waals surface area contributed by atoms with Gasteiger partial charge in [-0.15, -0.1) is 0 Å². The Bertz CT molecular complexity index is 1360. The van der Waals surface area contributed by atoms with Crippen LogP contribution in [0.3, 0.4) is 0 Å². The van der Waals surface area contributed by atoms with Crippen LogP contribution in [0.5, 0.6) is 0 Å². The number of carbonyl (C=O) groups excluding carboxylic acids is 2. The Hall–Kier alpha value is -3.96. The van der Waals surface area contributed by atoms with Gasteiger partial charge >= 0.3 is 0 Å². The molecule has 0 aromatic heterocycles. The van der Waals surface area contributed by atoms with Crippen molar-refractivity contribution in [2.24, 2.45) is 5.92 Å². The first-order valence-electron chi connectivity index (χ1n) is 11.1. The molecule has 0 radical (unpaired) electrons. The maximum absolute atomic E-state index is 13.8. The van der Waals surface area contributed by atoms with E-state index in [0.29, 0.717) is 5.69 Å². The number of carbonyl (C=O) groups is 2.